The average Bonchev–Trinajstić information content (AvgIpc) is 2.93. The fraction of sp³-hybridized carbons (Fsp3) is 0.571. The van der Waals surface area contributed by atoms with Crippen LogP contribution in [0.1, 0.15) is 24.4 Å². The highest BCUT2D eigenvalue weighted by Crippen LogP contribution is 2.37. The quantitative estimate of drug-likeness (QED) is 0.867. The standard InChI is InChI=1S/C14H21NO3/c1-17-13-7-5-6-11(14(13)18-2)12(10-16)15-8-3-4-9-15/h5-7,12,16H,3-4,8-10H2,1-2H3/t12-/m0/s1. The molecule has 0 bridgehead atoms. The molecule has 4 nitrogen and oxygen atoms in total. The molecule has 2 rings (SSSR count). The molecule has 0 unspecified atom stereocenters. The number of benzene rings is 1. The summed E-state index contributed by atoms with van der Waals surface area (Å²) in [5, 5.41) is 9.69. The summed E-state index contributed by atoms with van der Waals surface area (Å²) in [5.41, 5.74) is 1.00. The SMILES string of the molecule is COc1cccc([C@H](CO)N2CCCC2)c1OC. The highest BCUT2D eigenvalue weighted by molar-refractivity contribution is 5.48. The first-order chi connectivity index (χ1) is 8.81. The highest BCUT2D eigenvalue weighted by atomic mass is 16.5. The zero-order chi connectivity index (χ0) is 13.0. The number of hydrogen-bond acceptors (Lipinski definition) is 4. The maximum Gasteiger partial charge on any atom is 0.165 e. The van der Waals surface area contributed by atoms with Gasteiger partial charge in [-0.1, -0.05) is 12.1 Å². The predicted octanol–water partition coefficient (Wildman–Crippen LogP) is 1.83. The monoisotopic (exact) mass is 251 g/mol. The van der Waals surface area contributed by atoms with E-state index in [-0.39, 0.29) is 12.6 Å². The minimum Gasteiger partial charge on any atom is -0.493 e. The molecule has 0 amide bonds. The van der Waals surface area contributed by atoms with Gasteiger partial charge in [0.15, 0.2) is 11.5 Å². The average molecular weight is 251 g/mol. The van der Waals surface area contributed by atoms with E-state index in [9.17, 15) is 5.11 Å². The third kappa shape index (κ3) is 2.44. The summed E-state index contributed by atoms with van der Waals surface area (Å²) in [6.45, 7) is 2.17. The van der Waals surface area contributed by atoms with E-state index < -0.39 is 0 Å². The van der Waals surface area contributed by atoms with Crippen molar-refractivity contribution >= 4 is 0 Å². The van der Waals surface area contributed by atoms with Gasteiger partial charge in [0, 0.05) is 5.56 Å². The van der Waals surface area contributed by atoms with Crippen LogP contribution in [0, 0.1) is 0 Å². The first kappa shape index (κ1) is 13.2. The Labute approximate surface area is 108 Å². The normalized spacial score (nSPS) is 17.7. The van der Waals surface area contributed by atoms with Crippen LogP contribution in [-0.2, 0) is 0 Å². The molecule has 0 saturated carbocycles. The predicted molar refractivity (Wildman–Crippen MR) is 70.2 cm³/mol. The molecule has 100 valence electrons. The topological polar surface area (TPSA) is 41.9 Å². The van der Waals surface area contributed by atoms with Crippen molar-refractivity contribution < 1.29 is 14.6 Å². The number of hydrogen-bond donors (Lipinski definition) is 1. The minimum absolute atomic E-state index is 0.00227. The zero-order valence-corrected chi connectivity index (χ0v) is 11.1. The van der Waals surface area contributed by atoms with Gasteiger partial charge in [0.1, 0.15) is 0 Å². The number of aliphatic hydroxyl groups is 1. The maximum atomic E-state index is 9.69. The van der Waals surface area contributed by atoms with Crippen molar-refractivity contribution in [3.63, 3.8) is 0 Å². The second kappa shape index (κ2) is 6.07. The summed E-state index contributed by atoms with van der Waals surface area (Å²) in [4.78, 5) is 2.30. The van der Waals surface area contributed by atoms with Gasteiger partial charge in [-0.2, -0.15) is 0 Å². The number of ether oxygens (including phenoxy) is 2. The van der Waals surface area contributed by atoms with Crippen molar-refractivity contribution in [1.82, 2.24) is 4.90 Å². The largest absolute Gasteiger partial charge is 0.493 e. The van der Waals surface area contributed by atoms with Gasteiger partial charge in [-0.3, -0.25) is 4.90 Å². The Kier molecular flexibility index (Phi) is 4.44. The van der Waals surface area contributed by atoms with Crippen LogP contribution in [0.15, 0.2) is 18.2 Å². The summed E-state index contributed by atoms with van der Waals surface area (Å²) >= 11 is 0. The number of methoxy groups -OCH3 is 2. The number of para-hydroxylation sites is 1. The van der Waals surface area contributed by atoms with Crippen molar-refractivity contribution in [2.75, 3.05) is 33.9 Å². The van der Waals surface area contributed by atoms with E-state index in [0.29, 0.717) is 5.75 Å². The van der Waals surface area contributed by atoms with E-state index in [1.165, 1.54) is 12.8 Å². The van der Waals surface area contributed by atoms with Crippen LogP contribution >= 0.6 is 0 Å². The van der Waals surface area contributed by atoms with E-state index in [1.54, 1.807) is 14.2 Å². The molecule has 1 aromatic carbocycles. The lowest BCUT2D eigenvalue weighted by Crippen LogP contribution is -2.28. The van der Waals surface area contributed by atoms with Crippen molar-refractivity contribution in [2.45, 2.75) is 18.9 Å². The first-order valence-electron chi connectivity index (χ1n) is 6.37. The zero-order valence-electron chi connectivity index (χ0n) is 11.1. The second-order valence-electron chi connectivity index (χ2n) is 4.52. The van der Waals surface area contributed by atoms with E-state index in [0.717, 1.165) is 24.4 Å². The summed E-state index contributed by atoms with van der Waals surface area (Å²) in [6, 6.07) is 5.81. The Bertz CT molecular complexity index is 389. The Hall–Kier alpha value is -1.26. The van der Waals surface area contributed by atoms with Crippen LogP contribution in [0.4, 0.5) is 0 Å². The molecule has 1 heterocycles. The highest BCUT2D eigenvalue weighted by Gasteiger charge is 2.26. The molecule has 0 aliphatic carbocycles. The van der Waals surface area contributed by atoms with Crippen LogP contribution in [0.25, 0.3) is 0 Å². The van der Waals surface area contributed by atoms with Crippen LogP contribution in [0.2, 0.25) is 0 Å². The fourth-order valence-corrected chi connectivity index (χ4v) is 2.64. The lowest BCUT2D eigenvalue weighted by Gasteiger charge is -2.27. The van der Waals surface area contributed by atoms with Gasteiger partial charge in [0.2, 0.25) is 0 Å². The van der Waals surface area contributed by atoms with Crippen LogP contribution in [0.3, 0.4) is 0 Å². The second-order valence-corrected chi connectivity index (χ2v) is 4.52. The smallest absolute Gasteiger partial charge is 0.165 e. The van der Waals surface area contributed by atoms with E-state index in [1.807, 2.05) is 18.2 Å². The summed E-state index contributed by atoms with van der Waals surface area (Å²) < 4.78 is 10.8. The van der Waals surface area contributed by atoms with Crippen molar-refractivity contribution in [3.8, 4) is 11.5 Å². The molecule has 18 heavy (non-hydrogen) atoms. The lowest BCUT2D eigenvalue weighted by molar-refractivity contribution is 0.144. The first-order valence-corrected chi connectivity index (χ1v) is 6.37. The van der Waals surface area contributed by atoms with E-state index in [2.05, 4.69) is 4.90 Å². The minimum atomic E-state index is -0.00227. The molecule has 0 spiro atoms. The number of nitrogens with zero attached hydrogens (tertiary/aromatic N) is 1. The summed E-state index contributed by atoms with van der Waals surface area (Å²) in [6.07, 6.45) is 2.39. The van der Waals surface area contributed by atoms with Gasteiger partial charge in [-0.05, 0) is 32.0 Å². The van der Waals surface area contributed by atoms with Crippen molar-refractivity contribution in [2.24, 2.45) is 0 Å². The maximum absolute atomic E-state index is 9.69. The number of rotatable bonds is 5. The summed E-state index contributed by atoms with van der Waals surface area (Å²) in [7, 11) is 3.27. The lowest BCUT2D eigenvalue weighted by atomic mass is 10.0. The van der Waals surface area contributed by atoms with Gasteiger partial charge >= 0.3 is 0 Å². The Morgan fingerprint density at radius 2 is 1.94 bits per heavy atom. The van der Waals surface area contributed by atoms with E-state index >= 15 is 0 Å². The van der Waals surface area contributed by atoms with Crippen LogP contribution in [-0.4, -0.2) is 43.9 Å². The fourth-order valence-electron chi connectivity index (χ4n) is 2.64. The molecule has 0 aromatic heterocycles. The van der Waals surface area contributed by atoms with Gasteiger partial charge in [-0.25, -0.2) is 0 Å². The van der Waals surface area contributed by atoms with Gasteiger partial charge in [-0.15, -0.1) is 0 Å². The molecule has 1 aliphatic heterocycles. The Balaban J connectivity index is 2.34. The molecule has 1 aromatic rings. The van der Waals surface area contributed by atoms with E-state index in [4.69, 9.17) is 9.47 Å². The molecule has 1 N–H and O–H groups in total. The molecule has 1 fully saturated rings. The molecule has 1 aliphatic rings. The van der Waals surface area contributed by atoms with Gasteiger partial charge in [0.05, 0.1) is 26.9 Å². The number of aliphatic hydroxyl groups excluding tert-OH is 1. The van der Waals surface area contributed by atoms with Gasteiger partial charge in [0.25, 0.3) is 0 Å². The van der Waals surface area contributed by atoms with Crippen molar-refractivity contribution in [1.29, 1.82) is 0 Å². The molecule has 1 saturated heterocycles. The van der Waals surface area contributed by atoms with Crippen LogP contribution < -0.4 is 9.47 Å². The molecule has 1 atom stereocenters. The molecule has 4 heteroatoms. The molecule has 0 radical (unpaired) electrons. The number of likely N-dealkylation sites (tertiary alicyclic amines) is 1. The Morgan fingerprint density at radius 3 is 2.50 bits per heavy atom. The molecular weight excluding hydrogens is 230 g/mol. The third-order valence-electron chi connectivity index (χ3n) is 3.55. The summed E-state index contributed by atoms with van der Waals surface area (Å²) in [5.74, 6) is 1.44. The molecular formula is C14H21NO3. The third-order valence-corrected chi connectivity index (χ3v) is 3.55. The van der Waals surface area contributed by atoms with Crippen molar-refractivity contribution in [3.05, 3.63) is 23.8 Å². The van der Waals surface area contributed by atoms with Crippen LogP contribution in [0.5, 0.6) is 11.5 Å². The van der Waals surface area contributed by atoms with Gasteiger partial charge < -0.3 is 14.6 Å². The Morgan fingerprint density at radius 1 is 1.22 bits per heavy atom.